The molecule has 19 heavy (non-hydrogen) atoms. The number of rotatable bonds is 6. The number of nitrogens with one attached hydrogen (secondary N) is 2. The van der Waals surface area contributed by atoms with Crippen LogP contribution in [0.1, 0.15) is 49.0 Å². The second-order valence-corrected chi connectivity index (χ2v) is 4.67. The Hall–Kier alpha value is -1.84. The fourth-order valence-electron chi connectivity index (χ4n) is 1.72. The van der Waals surface area contributed by atoms with E-state index in [1.54, 1.807) is 0 Å². The molecule has 0 aromatic heterocycles. The van der Waals surface area contributed by atoms with Crippen molar-refractivity contribution in [2.75, 3.05) is 13.1 Å². The smallest absolute Gasteiger partial charge is 0.251 e. The van der Waals surface area contributed by atoms with Gasteiger partial charge in [0.25, 0.3) is 5.91 Å². The third kappa shape index (κ3) is 5.12. The summed E-state index contributed by atoms with van der Waals surface area (Å²) in [5.41, 5.74) is 1.90. The van der Waals surface area contributed by atoms with Crippen LogP contribution in [-0.4, -0.2) is 24.9 Å². The van der Waals surface area contributed by atoms with Gasteiger partial charge in [-0.15, -0.1) is 0 Å². The van der Waals surface area contributed by atoms with E-state index in [-0.39, 0.29) is 11.8 Å². The molecule has 0 saturated carbocycles. The third-order valence-electron chi connectivity index (χ3n) is 3.14. The van der Waals surface area contributed by atoms with E-state index in [9.17, 15) is 9.59 Å². The van der Waals surface area contributed by atoms with Crippen molar-refractivity contribution in [3.8, 4) is 0 Å². The van der Waals surface area contributed by atoms with Gasteiger partial charge in [-0.25, -0.2) is 0 Å². The Bertz CT molecular complexity index is 426. The van der Waals surface area contributed by atoms with Crippen molar-refractivity contribution >= 4 is 11.8 Å². The average Bonchev–Trinajstić information content (AvgIpc) is 2.42. The Morgan fingerprint density at radius 1 is 1.11 bits per heavy atom. The number of hydrogen-bond acceptors (Lipinski definition) is 2. The molecule has 1 rings (SSSR count). The fraction of sp³-hybridized carbons (Fsp3) is 0.467. The highest BCUT2D eigenvalue weighted by atomic mass is 16.2. The van der Waals surface area contributed by atoms with Crippen molar-refractivity contribution in [2.24, 2.45) is 0 Å². The first kappa shape index (κ1) is 15.2. The Labute approximate surface area is 114 Å². The fourth-order valence-corrected chi connectivity index (χ4v) is 1.72. The van der Waals surface area contributed by atoms with Crippen molar-refractivity contribution < 1.29 is 9.59 Å². The molecule has 1 unspecified atom stereocenters. The molecule has 0 fully saturated rings. The molecule has 0 spiro atoms. The lowest BCUT2D eigenvalue weighted by atomic mass is 9.97. The summed E-state index contributed by atoms with van der Waals surface area (Å²) in [4.78, 5) is 22.5. The Morgan fingerprint density at radius 3 is 2.21 bits per heavy atom. The van der Waals surface area contributed by atoms with Crippen molar-refractivity contribution in [3.63, 3.8) is 0 Å². The third-order valence-corrected chi connectivity index (χ3v) is 3.14. The van der Waals surface area contributed by atoms with Crippen LogP contribution in [0, 0.1) is 0 Å². The molecule has 0 aliphatic rings. The highest BCUT2D eigenvalue weighted by Crippen LogP contribution is 2.18. The van der Waals surface area contributed by atoms with Crippen LogP contribution in [-0.2, 0) is 4.79 Å². The van der Waals surface area contributed by atoms with E-state index >= 15 is 0 Å². The predicted octanol–water partition coefficient (Wildman–Crippen LogP) is 2.07. The maximum Gasteiger partial charge on any atom is 0.251 e. The molecule has 1 aromatic rings. The topological polar surface area (TPSA) is 58.2 Å². The normalized spacial score (nSPS) is 11.7. The molecule has 0 saturated heterocycles. The summed E-state index contributed by atoms with van der Waals surface area (Å²) in [7, 11) is 0. The summed E-state index contributed by atoms with van der Waals surface area (Å²) in [5.74, 6) is 0.310. The first-order valence-corrected chi connectivity index (χ1v) is 6.67. The summed E-state index contributed by atoms with van der Waals surface area (Å²) in [6.45, 7) is 6.66. The molecule has 0 bridgehead atoms. The van der Waals surface area contributed by atoms with E-state index in [1.165, 1.54) is 12.5 Å². The molecular formula is C15H22N2O2. The van der Waals surface area contributed by atoms with Gasteiger partial charge >= 0.3 is 0 Å². The molecule has 0 aliphatic heterocycles. The molecule has 2 N–H and O–H groups in total. The van der Waals surface area contributed by atoms with Crippen LogP contribution in [0.15, 0.2) is 24.3 Å². The van der Waals surface area contributed by atoms with E-state index in [1.807, 2.05) is 24.3 Å². The predicted molar refractivity (Wildman–Crippen MR) is 76.2 cm³/mol. The minimum absolute atomic E-state index is 0.0906. The minimum Gasteiger partial charge on any atom is -0.355 e. The van der Waals surface area contributed by atoms with Gasteiger partial charge in [0.05, 0.1) is 0 Å². The molecule has 0 heterocycles. The molecule has 4 heteroatoms. The van der Waals surface area contributed by atoms with Gasteiger partial charge in [0, 0.05) is 25.6 Å². The van der Waals surface area contributed by atoms with E-state index in [4.69, 9.17) is 0 Å². The maximum absolute atomic E-state index is 11.8. The summed E-state index contributed by atoms with van der Waals surface area (Å²) in [5, 5.41) is 5.39. The zero-order chi connectivity index (χ0) is 14.3. The lowest BCUT2D eigenvalue weighted by Gasteiger charge is -2.10. The quantitative estimate of drug-likeness (QED) is 0.771. The molecule has 4 nitrogen and oxygen atoms in total. The van der Waals surface area contributed by atoms with Crippen molar-refractivity contribution in [3.05, 3.63) is 35.4 Å². The van der Waals surface area contributed by atoms with Gasteiger partial charge in [-0.3, -0.25) is 9.59 Å². The maximum atomic E-state index is 11.8. The average molecular weight is 262 g/mol. The van der Waals surface area contributed by atoms with Crippen LogP contribution in [0.4, 0.5) is 0 Å². The Balaban J connectivity index is 2.46. The van der Waals surface area contributed by atoms with Gasteiger partial charge in [-0.2, -0.15) is 0 Å². The molecule has 1 atom stereocenters. The first-order valence-electron chi connectivity index (χ1n) is 6.67. The second kappa shape index (κ2) is 7.56. The Morgan fingerprint density at radius 2 is 1.68 bits per heavy atom. The van der Waals surface area contributed by atoms with E-state index in [0.29, 0.717) is 24.6 Å². The summed E-state index contributed by atoms with van der Waals surface area (Å²) < 4.78 is 0. The van der Waals surface area contributed by atoms with Gasteiger partial charge in [-0.05, 0) is 30.0 Å². The van der Waals surface area contributed by atoms with Crippen molar-refractivity contribution in [1.82, 2.24) is 10.6 Å². The summed E-state index contributed by atoms with van der Waals surface area (Å²) in [6, 6.07) is 7.68. The van der Waals surface area contributed by atoms with E-state index in [0.717, 1.165) is 6.42 Å². The van der Waals surface area contributed by atoms with Crippen LogP contribution in [0.2, 0.25) is 0 Å². The lowest BCUT2D eigenvalue weighted by Crippen LogP contribution is -2.33. The molecular weight excluding hydrogens is 240 g/mol. The highest BCUT2D eigenvalue weighted by Gasteiger charge is 2.07. The van der Waals surface area contributed by atoms with Crippen LogP contribution >= 0.6 is 0 Å². The molecule has 0 radical (unpaired) electrons. The highest BCUT2D eigenvalue weighted by molar-refractivity contribution is 5.94. The van der Waals surface area contributed by atoms with Gasteiger partial charge in [0.2, 0.25) is 5.91 Å². The van der Waals surface area contributed by atoms with E-state index in [2.05, 4.69) is 24.5 Å². The number of carbonyl (C=O) groups excluding carboxylic acids is 2. The van der Waals surface area contributed by atoms with Gasteiger partial charge in [-0.1, -0.05) is 26.0 Å². The zero-order valence-corrected chi connectivity index (χ0v) is 11.8. The molecule has 2 amide bonds. The number of amides is 2. The van der Waals surface area contributed by atoms with Crippen LogP contribution in [0.5, 0.6) is 0 Å². The largest absolute Gasteiger partial charge is 0.355 e. The van der Waals surface area contributed by atoms with E-state index < -0.39 is 0 Å². The van der Waals surface area contributed by atoms with Crippen molar-refractivity contribution in [1.29, 1.82) is 0 Å². The number of carbonyl (C=O) groups is 2. The Kier molecular flexibility index (Phi) is 6.06. The van der Waals surface area contributed by atoms with Gasteiger partial charge in [0.15, 0.2) is 0 Å². The van der Waals surface area contributed by atoms with Gasteiger partial charge < -0.3 is 10.6 Å². The molecule has 1 aromatic carbocycles. The summed E-state index contributed by atoms with van der Waals surface area (Å²) in [6.07, 6.45) is 1.09. The number of benzene rings is 1. The minimum atomic E-state index is -0.110. The molecule has 104 valence electrons. The monoisotopic (exact) mass is 262 g/mol. The zero-order valence-electron chi connectivity index (χ0n) is 11.8. The van der Waals surface area contributed by atoms with Crippen LogP contribution < -0.4 is 10.6 Å². The summed E-state index contributed by atoms with van der Waals surface area (Å²) >= 11 is 0. The van der Waals surface area contributed by atoms with Crippen LogP contribution in [0.3, 0.4) is 0 Å². The van der Waals surface area contributed by atoms with Crippen molar-refractivity contribution in [2.45, 2.75) is 33.1 Å². The second-order valence-electron chi connectivity index (χ2n) is 4.67. The van der Waals surface area contributed by atoms with Crippen LogP contribution in [0.25, 0.3) is 0 Å². The SMILES string of the molecule is CCC(C)c1ccc(C(=O)NCCNC(C)=O)cc1. The molecule has 0 aliphatic carbocycles. The number of hydrogen-bond donors (Lipinski definition) is 2. The first-order chi connectivity index (χ1) is 9.04. The standard InChI is InChI=1S/C15H22N2O2/c1-4-11(2)13-5-7-14(8-6-13)15(19)17-10-9-16-12(3)18/h5-8,11H,4,9-10H2,1-3H3,(H,16,18)(H,17,19). The van der Waals surface area contributed by atoms with Gasteiger partial charge in [0.1, 0.15) is 0 Å². The lowest BCUT2D eigenvalue weighted by molar-refractivity contribution is -0.118.